The minimum Gasteiger partial charge on any atom is -0.357 e. The maximum atomic E-state index is 5.47. The van der Waals surface area contributed by atoms with E-state index in [-0.39, 0.29) is 0 Å². The van der Waals surface area contributed by atoms with E-state index in [0.717, 1.165) is 56.6 Å². The molecule has 1 aliphatic rings. The summed E-state index contributed by atoms with van der Waals surface area (Å²) in [7, 11) is 0. The summed E-state index contributed by atoms with van der Waals surface area (Å²) in [6.45, 7) is 10.3. The summed E-state index contributed by atoms with van der Waals surface area (Å²) in [4.78, 5) is 24.4. The average molecular weight is 394 g/mol. The molecule has 1 aliphatic heterocycles. The van der Waals surface area contributed by atoms with Gasteiger partial charge in [-0.25, -0.2) is 15.0 Å². The van der Waals surface area contributed by atoms with Crippen LogP contribution in [0.15, 0.2) is 41.3 Å². The molecular weight excluding hydrogens is 368 g/mol. The molecule has 3 aromatic rings. The summed E-state index contributed by atoms with van der Waals surface area (Å²) in [5, 5.41) is 4.13. The van der Waals surface area contributed by atoms with Gasteiger partial charge in [0.1, 0.15) is 5.82 Å². The van der Waals surface area contributed by atoms with Gasteiger partial charge in [0, 0.05) is 63.4 Å². The van der Waals surface area contributed by atoms with Crippen LogP contribution >= 0.6 is 0 Å². The fourth-order valence-corrected chi connectivity index (χ4v) is 3.44. The van der Waals surface area contributed by atoms with Gasteiger partial charge >= 0.3 is 0 Å². The molecule has 0 spiro atoms. The lowest BCUT2D eigenvalue weighted by Crippen LogP contribution is -2.46. The summed E-state index contributed by atoms with van der Waals surface area (Å²) in [5.74, 6) is 2.95. The summed E-state index contributed by atoms with van der Waals surface area (Å²) in [5.41, 5.74) is 0.863. The lowest BCUT2D eigenvalue weighted by molar-refractivity contribution is 0.214. The van der Waals surface area contributed by atoms with E-state index in [1.165, 1.54) is 0 Å². The molecule has 0 amide bonds. The Morgan fingerprint density at radius 3 is 2.41 bits per heavy atom. The Labute approximate surface area is 170 Å². The second-order valence-electron chi connectivity index (χ2n) is 6.90. The predicted octanol–water partition coefficient (Wildman–Crippen LogP) is 2.09. The van der Waals surface area contributed by atoms with E-state index in [0.29, 0.717) is 18.3 Å². The molecule has 0 bridgehead atoms. The maximum Gasteiger partial charge on any atom is 0.241 e. The Kier molecular flexibility index (Phi) is 5.95. The number of aromatic nitrogens is 5. The zero-order valence-corrected chi connectivity index (χ0v) is 16.9. The van der Waals surface area contributed by atoms with Gasteiger partial charge in [0.25, 0.3) is 0 Å². The van der Waals surface area contributed by atoms with Crippen molar-refractivity contribution in [2.24, 2.45) is 0 Å². The molecule has 9 heteroatoms. The minimum atomic E-state index is 0.579. The van der Waals surface area contributed by atoms with Crippen LogP contribution in [0.2, 0.25) is 0 Å². The van der Waals surface area contributed by atoms with Crippen LogP contribution in [-0.4, -0.2) is 69.3 Å². The Balaban J connectivity index is 1.34. The average Bonchev–Trinajstić information content (AvgIpc) is 3.25. The molecule has 0 saturated carbocycles. The van der Waals surface area contributed by atoms with Crippen LogP contribution in [-0.2, 0) is 6.54 Å². The molecule has 0 aliphatic carbocycles. The maximum absolute atomic E-state index is 5.47. The van der Waals surface area contributed by atoms with Crippen LogP contribution < -0.4 is 9.80 Å². The first kappa shape index (κ1) is 19.3. The van der Waals surface area contributed by atoms with E-state index >= 15 is 0 Å². The third-order valence-corrected chi connectivity index (χ3v) is 5.13. The predicted molar refractivity (Wildman–Crippen MR) is 111 cm³/mol. The lowest BCUT2D eigenvalue weighted by atomic mass is 10.2. The number of hydrogen-bond donors (Lipinski definition) is 0. The zero-order valence-electron chi connectivity index (χ0n) is 16.9. The molecule has 9 nitrogen and oxygen atoms in total. The normalized spacial score (nSPS) is 14.9. The van der Waals surface area contributed by atoms with E-state index in [1.54, 1.807) is 18.6 Å². The van der Waals surface area contributed by atoms with Crippen LogP contribution in [0.1, 0.15) is 19.7 Å². The first-order valence-electron chi connectivity index (χ1n) is 10.0. The monoisotopic (exact) mass is 394 g/mol. The van der Waals surface area contributed by atoms with E-state index < -0.39 is 0 Å². The SMILES string of the molecule is CCN(CC)c1ccc(-c2noc(CN3CCN(c4ncccn4)CC3)n2)cn1. The van der Waals surface area contributed by atoms with Crippen molar-refractivity contribution < 1.29 is 4.52 Å². The number of hydrogen-bond acceptors (Lipinski definition) is 9. The largest absolute Gasteiger partial charge is 0.357 e. The zero-order chi connectivity index (χ0) is 20.1. The highest BCUT2D eigenvalue weighted by atomic mass is 16.5. The molecule has 0 unspecified atom stereocenters. The lowest BCUT2D eigenvalue weighted by Gasteiger charge is -2.33. The molecule has 0 radical (unpaired) electrons. The molecular formula is C20H26N8O. The molecule has 29 heavy (non-hydrogen) atoms. The Hall–Kier alpha value is -3.07. The van der Waals surface area contributed by atoms with E-state index in [2.05, 4.69) is 53.6 Å². The fraction of sp³-hybridized carbons (Fsp3) is 0.450. The van der Waals surface area contributed by atoms with Gasteiger partial charge < -0.3 is 14.3 Å². The molecule has 1 fully saturated rings. The van der Waals surface area contributed by atoms with Gasteiger partial charge in [-0.2, -0.15) is 4.98 Å². The highest BCUT2D eigenvalue weighted by molar-refractivity contribution is 5.55. The van der Waals surface area contributed by atoms with Gasteiger partial charge in [0.2, 0.25) is 17.7 Å². The van der Waals surface area contributed by atoms with E-state index in [9.17, 15) is 0 Å². The van der Waals surface area contributed by atoms with Gasteiger partial charge in [-0.15, -0.1) is 0 Å². The van der Waals surface area contributed by atoms with Crippen molar-refractivity contribution in [1.82, 2.24) is 30.0 Å². The van der Waals surface area contributed by atoms with E-state index in [4.69, 9.17) is 4.52 Å². The van der Waals surface area contributed by atoms with E-state index in [1.807, 2.05) is 18.2 Å². The van der Waals surface area contributed by atoms with Crippen LogP contribution in [0.25, 0.3) is 11.4 Å². The third kappa shape index (κ3) is 4.51. The molecule has 4 heterocycles. The van der Waals surface area contributed by atoms with Crippen LogP contribution in [0, 0.1) is 0 Å². The second-order valence-corrected chi connectivity index (χ2v) is 6.90. The Morgan fingerprint density at radius 2 is 1.76 bits per heavy atom. The van der Waals surface area contributed by atoms with Crippen molar-refractivity contribution in [3.63, 3.8) is 0 Å². The summed E-state index contributed by atoms with van der Waals surface area (Å²) < 4.78 is 5.47. The fourth-order valence-electron chi connectivity index (χ4n) is 3.44. The van der Waals surface area contributed by atoms with Crippen molar-refractivity contribution in [3.05, 3.63) is 42.7 Å². The van der Waals surface area contributed by atoms with Crippen LogP contribution in [0.5, 0.6) is 0 Å². The number of anilines is 2. The summed E-state index contributed by atoms with van der Waals surface area (Å²) in [6.07, 6.45) is 5.36. The van der Waals surface area contributed by atoms with Gasteiger partial charge in [0.15, 0.2) is 0 Å². The van der Waals surface area contributed by atoms with Gasteiger partial charge in [-0.3, -0.25) is 4.90 Å². The highest BCUT2D eigenvalue weighted by Crippen LogP contribution is 2.19. The van der Waals surface area contributed by atoms with Gasteiger partial charge in [-0.05, 0) is 32.0 Å². The minimum absolute atomic E-state index is 0.579. The first-order chi connectivity index (χ1) is 14.3. The van der Waals surface area contributed by atoms with Crippen molar-refractivity contribution >= 4 is 11.8 Å². The van der Waals surface area contributed by atoms with Crippen molar-refractivity contribution in [3.8, 4) is 11.4 Å². The van der Waals surface area contributed by atoms with Crippen molar-refractivity contribution in [2.75, 3.05) is 49.1 Å². The van der Waals surface area contributed by atoms with Gasteiger partial charge in [0.05, 0.1) is 6.54 Å². The molecule has 0 N–H and O–H groups in total. The highest BCUT2D eigenvalue weighted by Gasteiger charge is 2.21. The smallest absolute Gasteiger partial charge is 0.241 e. The molecule has 1 saturated heterocycles. The van der Waals surface area contributed by atoms with Crippen molar-refractivity contribution in [1.29, 1.82) is 0 Å². The van der Waals surface area contributed by atoms with Gasteiger partial charge in [-0.1, -0.05) is 5.16 Å². The Morgan fingerprint density at radius 1 is 1.00 bits per heavy atom. The topological polar surface area (TPSA) is 87.3 Å². The third-order valence-electron chi connectivity index (χ3n) is 5.13. The molecule has 4 rings (SSSR count). The van der Waals surface area contributed by atoms with Crippen LogP contribution in [0.4, 0.5) is 11.8 Å². The van der Waals surface area contributed by atoms with Crippen molar-refractivity contribution in [2.45, 2.75) is 20.4 Å². The summed E-state index contributed by atoms with van der Waals surface area (Å²) >= 11 is 0. The number of rotatable bonds is 7. The standard InChI is InChI=1S/C20H26N8O/c1-3-27(4-2)17-7-6-16(14-23-17)19-24-18(29-25-19)15-26-10-12-28(13-11-26)20-21-8-5-9-22-20/h5-9,14H,3-4,10-13,15H2,1-2H3. The molecule has 152 valence electrons. The second kappa shape index (κ2) is 8.95. The number of piperazine rings is 1. The molecule has 0 atom stereocenters. The number of pyridine rings is 1. The molecule has 0 aromatic carbocycles. The number of nitrogens with zero attached hydrogens (tertiary/aromatic N) is 8. The molecule has 3 aromatic heterocycles. The Bertz CT molecular complexity index is 886. The first-order valence-corrected chi connectivity index (χ1v) is 10.0. The summed E-state index contributed by atoms with van der Waals surface area (Å²) in [6, 6.07) is 5.83. The quantitative estimate of drug-likeness (QED) is 0.598. The van der Waals surface area contributed by atoms with Crippen LogP contribution in [0.3, 0.4) is 0 Å².